The molecule has 1 heterocycles. The number of hydrogen-bond acceptors (Lipinski definition) is 5. The summed E-state index contributed by atoms with van der Waals surface area (Å²) in [7, 11) is 0. The number of carbonyl (C=O) groups excluding carboxylic acids is 1. The highest BCUT2D eigenvalue weighted by Crippen LogP contribution is 2.39. The largest absolute Gasteiger partial charge is 0.490 e. The summed E-state index contributed by atoms with van der Waals surface area (Å²) in [5, 5.41) is 4.05. The summed E-state index contributed by atoms with van der Waals surface area (Å²) in [6.45, 7) is 2.80. The molecule has 1 fully saturated rings. The van der Waals surface area contributed by atoms with Crippen LogP contribution in [0.25, 0.3) is 16.8 Å². The molecule has 0 aromatic heterocycles. The molecule has 0 saturated carbocycles. The van der Waals surface area contributed by atoms with Crippen LogP contribution in [-0.4, -0.2) is 17.7 Å². The predicted molar refractivity (Wildman–Crippen MR) is 179 cm³/mol. The fourth-order valence-corrected chi connectivity index (χ4v) is 5.97. The van der Waals surface area contributed by atoms with Gasteiger partial charge in [-0.3, -0.25) is 9.69 Å². The van der Waals surface area contributed by atoms with Gasteiger partial charge in [0.1, 0.15) is 6.61 Å². The maximum absolute atomic E-state index is 13.7. The van der Waals surface area contributed by atoms with Crippen molar-refractivity contribution in [2.24, 2.45) is 4.99 Å². The van der Waals surface area contributed by atoms with Crippen molar-refractivity contribution in [2.75, 3.05) is 11.5 Å². The van der Waals surface area contributed by atoms with Crippen LogP contribution < -0.4 is 14.4 Å². The number of rotatable bonds is 8. The van der Waals surface area contributed by atoms with Gasteiger partial charge >= 0.3 is 0 Å². The van der Waals surface area contributed by atoms with Crippen molar-refractivity contribution in [1.29, 1.82) is 0 Å². The van der Waals surface area contributed by atoms with E-state index in [-0.39, 0.29) is 5.91 Å². The number of benzene rings is 5. The van der Waals surface area contributed by atoms with Crippen LogP contribution in [0.3, 0.4) is 0 Å². The number of anilines is 1. The number of thioether (sulfide) groups is 1. The van der Waals surface area contributed by atoms with Crippen LogP contribution in [0.4, 0.5) is 11.4 Å². The average molecular weight is 626 g/mol. The molecule has 43 heavy (non-hydrogen) atoms. The van der Waals surface area contributed by atoms with Gasteiger partial charge in [-0.15, -0.1) is 0 Å². The van der Waals surface area contributed by atoms with Crippen LogP contribution in [0.5, 0.6) is 11.5 Å². The number of fused-ring (bicyclic) bond motifs is 1. The molecule has 0 N–H and O–H groups in total. The Balaban J connectivity index is 1.30. The summed E-state index contributed by atoms with van der Waals surface area (Å²) in [6, 6.07) is 34.4. The molecule has 0 spiro atoms. The third-order valence-electron chi connectivity index (χ3n) is 6.77. The van der Waals surface area contributed by atoms with Crippen molar-refractivity contribution in [2.45, 2.75) is 13.5 Å². The maximum Gasteiger partial charge on any atom is 0.271 e. The average Bonchev–Trinajstić information content (AvgIpc) is 3.32. The van der Waals surface area contributed by atoms with Crippen molar-refractivity contribution in [1.82, 2.24) is 0 Å². The summed E-state index contributed by atoms with van der Waals surface area (Å²) < 4.78 is 12.2. The van der Waals surface area contributed by atoms with Crippen LogP contribution in [0.15, 0.2) is 119 Å². The van der Waals surface area contributed by atoms with E-state index < -0.39 is 0 Å². The molecule has 0 radical (unpaired) electrons. The lowest BCUT2D eigenvalue weighted by Gasteiger charge is -2.15. The van der Waals surface area contributed by atoms with Gasteiger partial charge in [-0.2, -0.15) is 0 Å². The quantitative estimate of drug-likeness (QED) is 0.161. The minimum absolute atomic E-state index is 0.186. The van der Waals surface area contributed by atoms with E-state index in [0.29, 0.717) is 56.2 Å². The lowest BCUT2D eigenvalue weighted by atomic mass is 10.1. The molecule has 5 aromatic carbocycles. The number of nitrogens with zero attached hydrogens (tertiary/aromatic N) is 2. The Morgan fingerprint density at radius 1 is 0.814 bits per heavy atom. The molecule has 0 bridgehead atoms. The van der Waals surface area contributed by atoms with E-state index in [1.165, 1.54) is 17.1 Å². The fraction of sp³-hybridized carbons (Fsp3) is 0.0857. The van der Waals surface area contributed by atoms with Gasteiger partial charge in [0, 0.05) is 10.0 Å². The maximum atomic E-state index is 13.7. The molecule has 5 aromatic rings. The van der Waals surface area contributed by atoms with Gasteiger partial charge in [-0.05, 0) is 107 Å². The molecule has 1 amide bonds. The molecule has 1 saturated heterocycles. The topological polar surface area (TPSA) is 51.1 Å². The normalized spacial score (nSPS) is 15.0. The second-order valence-corrected chi connectivity index (χ2v) is 11.5. The van der Waals surface area contributed by atoms with E-state index in [4.69, 9.17) is 37.7 Å². The Morgan fingerprint density at radius 3 is 2.30 bits per heavy atom. The molecule has 0 atom stereocenters. The fourth-order valence-electron chi connectivity index (χ4n) is 4.72. The molecule has 5 nitrogen and oxygen atoms in total. The third-order valence-corrected chi connectivity index (χ3v) is 8.24. The monoisotopic (exact) mass is 624 g/mol. The minimum Gasteiger partial charge on any atom is -0.490 e. The van der Waals surface area contributed by atoms with Crippen LogP contribution in [-0.2, 0) is 11.4 Å². The first-order chi connectivity index (χ1) is 21.0. The minimum atomic E-state index is -0.186. The first kappa shape index (κ1) is 28.9. The molecule has 8 heteroatoms. The van der Waals surface area contributed by atoms with Crippen molar-refractivity contribution >= 4 is 74.3 Å². The lowest BCUT2D eigenvalue weighted by Crippen LogP contribution is -2.28. The van der Waals surface area contributed by atoms with E-state index in [9.17, 15) is 4.79 Å². The first-order valence-electron chi connectivity index (χ1n) is 13.7. The second kappa shape index (κ2) is 13.0. The standard InChI is InChI=1S/C35H26Cl2N2O3S/c1-2-41-32-20-23(10-19-31(32)42-22-25-8-5-7-24-6-3-4-9-30(24)25)21-33-34(40)39(29-17-13-27(37)14-18-29)35(43-33)38-28-15-11-26(36)12-16-28/h3-21H,2,22H2,1H3/b33-21-,38-35?. The smallest absolute Gasteiger partial charge is 0.271 e. The lowest BCUT2D eigenvalue weighted by molar-refractivity contribution is -0.113. The van der Waals surface area contributed by atoms with Crippen LogP contribution in [0, 0.1) is 0 Å². The number of ether oxygens (including phenoxy) is 2. The molecule has 1 aliphatic heterocycles. The first-order valence-corrected chi connectivity index (χ1v) is 15.3. The van der Waals surface area contributed by atoms with Crippen molar-refractivity contribution in [3.63, 3.8) is 0 Å². The molecule has 214 valence electrons. The SMILES string of the molecule is CCOc1cc(/C=C2\SC(=Nc3ccc(Cl)cc3)N(c3ccc(Cl)cc3)C2=O)ccc1OCc1cccc2ccccc12. The summed E-state index contributed by atoms with van der Waals surface area (Å²) in [5.74, 6) is 1.06. The Morgan fingerprint density at radius 2 is 1.53 bits per heavy atom. The third kappa shape index (κ3) is 6.57. The summed E-state index contributed by atoms with van der Waals surface area (Å²) in [4.78, 5) is 20.6. The van der Waals surface area contributed by atoms with E-state index in [2.05, 4.69) is 24.3 Å². The van der Waals surface area contributed by atoms with Gasteiger partial charge in [-0.25, -0.2) is 4.99 Å². The van der Waals surface area contributed by atoms with E-state index in [0.717, 1.165) is 16.5 Å². The second-order valence-electron chi connectivity index (χ2n) is 9.66. The Labute approximate surface area is 264 Å². The Bertz CT molecular complexity index is 1850. The van der Waals surface area contributed by atoms with E-state index in [1.54, 1.807) is 41.3 Å². The summed E-state index contributed by atoms with van der Waals surface area (Å²) >= 11 is 13.5. The molecular weight excluding hydrogens is 599 g/mol. The van der Waals surface area contributed by atoms with Gasteiger partial charge < -0.3 is 9.47 Å². The van der Waals surface area contributed by atoms with Gasteiger partial charge in [0.25, 0.3) is 5.91 Å². The molecule has 6 rings (SSSR count). The Hall–Kier alpha value is -4.23. The number of carbonyl (C=O) groups is 1. The Kier molecular flexibility index (Phi) is 8.70. The van der Waals surface area contributed by atoms with Gasteiger partial charge in [-0.1, -0.05) is 71.7 Å². The van der Waals surface area contributed by atoms with Gasteiger partial charge in [0.05, 0.1) is 22.9 Å². The summed E-state index contributed by atoms with van der Waals surface area (Å²) in [5.41, 5.74) is 3.26. The highest BCUT2D eigenvalue weighted by Gasteiger charge is 2.35. The molecule has 0 unspecified atom stereocenters. The number of aliphatic imine (C=N–C) groups is 1. The highest BCUT2D eigenvalue weighted by molar-refractivity contribution is 8.19. The zero-order valence-electron chi connectivity index (χ0n) is 23.2. The zero-order chi connectivity index (χ0) is 29.8. The number of halogens is 2. The van der Waals surface area contributed by atoms with Gasteiger partial charge in [0.2, 0.25) is 0 Å². The molecule has 0 aliphatic carbocycles. The van der Waals surface area contributed by atoms with E-state index in [1.807, 2.05) is 61.5 Å². The van der Waals surface area contributed by atoms with Gasteiger partial charge in [0.15, 0.2) is 16.7 Å². The van der Waals surface area contributed by atoms with Crippen LogP contribution in [0.2, 0.25) is 10.0 Å². The molecule has 1 aliphatic rings. The summed E-state index contributed by atoms with van der Waals surface area (Å²) in [6.07, 6.45) is 1.84. The zero-order valence-corrected chi connectivity index (χ0v) is 25.5. The predicted octanol–water partition coefficient (Wildman–Crippen LogP) is 9.93. The van der Waals surface area contributed by atoms with E-state index >= 15 is 0 Å². The number of amidine groups is 1. The van der Waals surface area contributed by atoms with Crippen molar-refractivity contribution in [3.05, 3.63) is 135 Å². The molecular formula is C35H26Cl2N2O3S. The highest BCUT2D eigenvalue weighted by atomic mass is 35.5. The number of hydrogen-bond donors (Lipinski definition) is 0. The van der Waals surface area contributed by atoms with Crippen molar-refractivity contribution in [3.8, 4) is 11.5 Å². The van der Waals surface area contributed by atoms with Crippen molar-refractivity contribution < 1.29 is 14.3 Å². The number of amides is 1. The van der Waals surface area contributed by atoms with Crippen LogP contribution >= 0.6 is 35.0 Å². The van der Waals surface area contributed by atoms with Crippen LogP contribution in [0.1, 0.15) is 18.1 Å².